The van der Waals surface area contributed by atoms with Crippen molar-refractivity contribution < 1.29 is 23.9 Å². The molecule has 0 bridgehead atoms. The first-order valence-corrected chi connectivity index (χ1v) is 13.4. The highest BCUT2D eigenvalue weighted by Gasteiger charge is 2.63. The third-order valence-corrected chi connectivity index (χ3v) is 8.01. The van der Waals surface area contributed by atoms with Gasteiger partial charge in [-0.25, -0.2) is 4.79 Å². The second-order valence-electron chi connectivity index (χ2n) is 11.0. The van der Waals surface area contributed by atoms with E-state index in [1.54, 1.807) is 23.4 Å². The van der Waals surface area contributed by atoms with E-state index in [9.17, 15) is 19.5 Å². The van der Waals surface area contributed by atoms with Crippen LogP contribution >= 0.6 is 0 Å². The number of hydrogen-bond donors (Lipinski definition) is 3. The van der Waals surface area contributed by atoms with E-state index in [2.05, 4.69) is 10.3 Å². The van der Waals surface area contributed by atoms with Crippen molar-refractivity contribution in [2.24, 2.45) is 16.6 Å². The van der Waals surface area contributed by atoms with E-state index in [1.807, 2.05) is 52.0 Å². The number of rotatable bonds is 7. The van der Waals surface area contributed by atoms with Crippen LogP contribution in [0.25, 0.3) is 11.0 Å². The number of carbonyl (C=O) groups excluding carboxylic acids is 2. The van der Waals surface area contributed by atoms with Gasteiger partial charge >= 0.3 is 5.97 Å². The predicted molar refractivity (Wildman–Crippen MR) is 152 cm³/mol. The lowest BCUT2D eigenvalue weighted by atomic mass is 9.88. The molecule has 1 aliphatic heterocycles. The molecule has 5 rings (SSSR count). The largest absolute Gasteiger partial charge is 0.479 e. The van der Waals surface area contributed by atoms with Gasteiger partial charge in [-0.05, 0) is 92.8 Å². The van der Waals surface area contributed by atoms with Crippen molar-refractivity contribution in [1.82, 2.24) is 10.2 Å². The van der Waals surface area contributed by atoms with Crippen molar-refractivity contribution in [3.63, 3.8) is 0 Å². The maximum Gasteiger partial charge on any atom is 0.330 e. The van der Waals surface area contributed by atoms with Crippen molar-refractivity contribution in [3.05, 3.63) is 81.7 Å². The second kappa shape index (κ2) is 10.3. The number of nitrogens with two attached hydrogens (primary N) is 1. The number of carboxylic acids is 1. The van der Waals surface area contributed by atoms with Crippen LogP contribution in [-0.4, -0.2) is 52.1 Å². The number of nitrogens with zero attached hydrogens (tertiary/aromatic N) is 2. The number of aliphatic carboxylic acids is 1. The van der Waals surface area contributed by atoms with Crippen LogP contribution in [0, 0.1) is 19.8 Å². The lowest BCUT2D eigenvalue weighted by molar-refractivity contribution is -0.140. The third-order valence-electron chi connectivity index (χ3n) is 8.01. The van der Waals surface area contributed by atoms with E-state index in [0.717, 1.165) is 27.6 Å². The maximum absolute atomic E-state index is 13.6. The summed E-state index contributed by atoms with van der Waals surface area (Å²) in [5.74, 6) is -2.06. The van der Waals surface area contributed by atoms with Crippen LogP contribution in [0.2, 0.25) is 0 Å². The Morgan fingerprint density at radius 1 is 1.23 bits per heavy atom. The topological polar surface area (TPSA) is 138 Å². The van der Waals surface area contributed by atoms with Gasteiger partial charge in [0, 0.05) is 47.8 Å². The number of aliphatic imine (C=N–C) groups is 1. The molecule has 2 aromatic carbocycles. The van der Waals surface area contributed by atoms with Gasteiger partial charge in [0.1, 0.15) is 11.1 Å². The number of hydrogen-bond acceptors (Lipinski definition) is 6. The van der Waals surface area contributed by atoms with Crippen LogP contribution < -0.4 is 11.1 Å². The summed E-state index contributed by atoms with van der Waals surface area (Å²) in [6.07, 6.45) is 5.40. The lowest BCUT2D eigenvalue weighted by Crippen LogP contribution is -2.46. The Kier molecular flexibility index (Phi) is 6.99. The fourth-order valence-corrected chi connectivity index (χ4v) is 5.76. The summed E-state index contributed by atoms with van der Waals surface area (Å²) in [6.45, 7) is 8.50. The molecule has 2 atom stereocenters. The zero-order chi connectivity index (χ0) is 28.8. The number of nitrogens with one attached hydrogen (secondary N) is 1. The van der Waals surface area contributed by atoms with E-state index in [1.165, 1.54) is 6.20 Å². The number of amides is 2. The number of carbonyl (C=O) groups is 3. The Balaban J connectivity index is 1.36. The molecule has 0 radical (unpaired) electrons. The monoisotopic (exact) mass is 542 g/mol. The summed E-state index contributed by atoms with van der Waals surface area (Å²) in [5.41, 5.74) is 10.2. The van der Waals surface area contributed by atoms with Gasteiger partial charge in [0.15, 0.2) is 0 Å². The highest BCUT2D eigenvalue weighted by Crippen LogP contribution is 2.48. The van der Waals surface area contributed by atoms with Crippen LogP contribution in [0.1, 0.15) is 63.2 Å². The van der Waals surface area contributed by atoms with Gasteiger partial charge in [-0.3, -0.25) is 14.6 Å². The minimum atomic E-state index is -1.43. The van der Waals surface area contributed by atoms with Crippen LogP contribution in [-0.2, 0) is 17.8 Å². The summed E-state index contributed by atoms with van der Waals surface area (Å²) in [4.78, 5) is 45.3. The molecule has 40 heavy (non-hydrogen) atoms. The van der Waals surface area contributed by atoms with E-state index in [-0.39, 0.29) is 18.4 Å². The molecule has 9 heteroatoms. The van der Waals surface area contributed by atoms with Crippen LogP contribution in [0.4, 0.5) is 0 Å². The number of carboxylic acid groups (broad SMARTS) is 1. The first kappa shape index (κ1) is 27.2. The van der Waals surface area contributed by atoms with E-state index in [4.69, 9.17) is 10.2 Å². The van der Waals surface area contributed by atoms with E-state index in [0.29, 0.717) is 41.8 Å². The zero-order valence-electron chi connectivity index (χ0n) is 23.2. The Morgan fingerprint density at radius 2 is 2.00 bits per heavy atom. The molecule has 2 aliphatic rings. The molecule has 2 unspecified atom stereocenters. The van der Waals surface area contributed by atoms with Crippen molar-refractivity contribution in [1.29, 1.82) is 0 Å². The average Bonchev–Trinajstić information content (AvgIpc) is 3.43. The lowest BCUT2D eigenvalue weighted by Gasteiger charge is -2.31. The smallest absolute Gasteiger partial charge is 0.330 e. The fraction of sp³-hybridized carbons (Fsp3) is 0.355. The van der Waals surface area contributed by atoms with Gasteiger partial charge in [-0.2, -0.15) is 0 Å². The Labute approximate surface area is 232 Å². The number of furan rings is 1. The highest BCUT2D eigenvalue weighted by molar-refractivity contribution is 6.03. The van der Waals surface area contributed by atoms with Crippen LogP contribution in [0.3, 0.4) is 0 Å². The first-order valence-electron chi connectivity index (χ1n) is 13.4. The minimum Gasteiger partial charge on any atom is -0.479 e. The summed E-state index contributed by atoms with van der Waals surface area (Å²) in [6, 6.07) is 9.28. The summed E-state index contributed by atoms with van der Waals surface area (Å²) in [7, 11) is 0. The van der Waals surface area contributed by atoms with Crippen LogP contribution in [0.15, 0.2) is 57.8 Å². The van der Waals surface area contributed by atoms with Gasteiger partial charge in [-0.15, -0.1) is 0 Å². The molecule has 4 N–H and O–H groups in total. The van der Waals surface area contributed by atoms with Crippen molar-refractivity contribution in [2.45, 2.75) is 58.7 Å². The van der Waals surface area contributed by atoms with Gasteiger partial charge < -0.3 is 25.5 Å². The van der Waals surface area contributed by atoms with Gasteiger partial charge in [0.05, 0.1) is 6.26 Å². The van der Waals surface area contributed by atoms with E-state index < -0.39 is 23.3 Å². The summed E-state index contributed by atoms with van der Waals surface area (Å²) < 4.78 is 5.46. The molecular weight excluding hydrogens is 508 g/mol. The predicted octanol–water partition coefficient (Wildman–Crippen LogP) is 4.14. The second-order valence-corrected chi connectivity index (χ2v) is 11.0. The molecule has 1 saturated carbocycles. The SMILES string of the molecule is Cc1cc2c(c(C)c1C(=O)NC1(C(=O)O)CC1C(C=NC(C)C)=CN)CCN(C(=O)c1ccc3ccoc3c1)C2. The Bertz CT molecular complexity index is 1580. The van der Waals surface area contributed by atoms with E-state index >= 15 is 0 Å². The van der Waals surface area contributed by atoms with Crippen molar-refractivity contribution >= 4 is 35.0 Å². The minimum absolute atomic E-state index is 0.0363. The van der Waals surface area contributed by atoms with Gasteiger partial charge in [-0.1, -0.05) is 12.1 Å². The molecule has 2 amide bonds. The normalized spacial score (nSPS) is 20.7. The molecule has 1 fully saturated rings. The number of aryl methyl sites for hydroxylation is 1. The molecule has 2 heterocycles. The molecule has 0 saturated heterocycles. The molecule has 1 aliphatic carbocycles. The van der Waals surface area contributed by atoms with Gasteiger partial charge in [0.25, 0.3) is 11.8 Å². The Hall–Kier alpha value is -4.40. The van der Waals surface area contributed by atoms with Crippen molar-refractivity contribution in [3.8, 4) is 0 Å². The number of fused-ring (bicyclic) bond motifs is 2. The maximum atomic E-state index is 13.6. The molecule has 1 aromatic heterocycles. The fourth-order valence-electron chi connectivity index (χ4n) is 5.76. The molecule has 9 nitrogen and oxygen atoms in total. The average molecular weight is 543 g/mol. The zero-order valence-corrected chi connectivity index (χ0v) is 23.2. The summed E-state index contributed by atoms with van der Waals surface area (Å²) >= 11 is 0. The van der Waals surface area contributed by atoms with Gasteiger partial charge in [0.2, 0.25) is 0 Å². The quantitative estimate of drug-likeness (QED) is 0.384. The first-order chi connectivity index (χ1) is 19.1. The molecular formula is C31H34N4O5. The molecule has 3 aromatic rings. The third kappa shape index (κ3) is 4.76. The molecule has 0 spiro atoms. The van der Waals surface area contributed by atoms with Crippen LogP contribution in [0.5, 0.6) is 0 Å². The summed E-state index contributed by atoms with van der Waals surface area (Å²) in [5, 5.41) is 13.8. The highest BCUT2D eigenvalue weighted by atomic mass is 16.4. The number of benzene rings is 2. The standard InChI is InChI=1S/C31H34N4O5/c1-17(2)33-15-23(14-32)25-13-31(25,30(38)39)34-28(36)27-18(3)11-22-16-35(9-7-24(22)19(27)4)29(37)21-6-5-20-8-10-40-26(20)12-21/h5-6,8,10-12,14-15,17,25H,7,9,13,16,32H2,1-4H3,(H,34,36)(H,38,39). The molecule has 208 valence electrons. The Morgan fingerprint density at radius 3 is 2.70 bits per heavy atom. The van der Waals surface area contributed by atoms with Crippen molar-refractivity contribution in [2.75, 3.05) is 6.54 Å².